The van der Waals surface area contributed by atoms with Gasteiger partial charge in [-0.25, -0.2) is 13.6 Å². The number of anilines is 3. The minimum Gasteiger partial charge on any atom is -0.469 e. The molecular formula is C23H21ClF2N4O3S2. The lowest BCUT2D eigenvalue weighted by atomic mass is 10.1. The Morgan fingerprint density at radius 2 is 1.91 bits per heavy atom. The minimum atomic E-state index is -0.772. The van der Waals surface area contributed by atoms with Gasteiger partial charge in [0.05, 0.1) is 31.2 Å². The molecule has 2 aromatic carbocycles. The van der Waals surface area contributed by atoms with Gasteiger partial charge >= 0.3 is 6.03 Å². The predicted octanol–water partition coefficient (Wildman–Crippen LogP) is 6.29. The highest BCUT2D eigenvalue weighted by atomic mass is 35.5. The van der Waals surface area contributed by atoms with Crippen LogP contribution in [-0.2, 0) is 0 Å². The van der Waals surface area contributed by atoms with Gasteiger partial charge in [-0.15, -0.1) is 11.3 Å². The Labute approximate surface area is 212 Å². The summed E-state index contributed by atoms with van der Waals surface area (Å²) in [5.74, 6) is -1.66. The third kappa shape index (κ3) is 5.12. The first-order chi connectivity index (χ1) is 16.7. The summed E-state index contributed by atoms with van der Waals surface area (Å²) < 4.78 is 39.2. The van der Waals surface area contributed by atoms with Gasteiger partial charge in [-0.3, -0.25) is 14.4 Å². The van der Waals surface area contributed by atoms with Gasteiger partial charge in [0.25, 0.3) is 5.91 Å². The summed E-state index contributed by atoms with van der Waals surface area (Å²) in [5, 5.41) is 6.99. The number of benzene rings is 2. The number of hydrogen-bond acceptors (Lipinski definition) is 5. The van der Waals surface area contributed by atoms with E-state index in [1.807, 2.05) is 11.4 Å². The molecule has 0 saturated heterocycles. The lowest BCUT2D eigenvalue weighted by molar-refractivity contribution is 0.0876. The molecule has 3 aromatic rings. The van der Waals surface area contributed by atoms with Crippen LogP contribution in [0.4, 0.5) is 30.6 Å². The number of fused-ring (bicyclic) bond motifs is 1. The van der Waals surface area contributed by atoms with Crippen molar-refractivity contribution in [3.8, 4) is 5.75 Å². The summed E-state index contributed by atoms with van der Waals surface area (Å²) in [6.07, 6.45) is -0.772. The van der Waals surface area contributed by atoms with Crippen LogP contribution in [0.3, 0.4) is 0 Å². The molecule has 0 radical (unpaired) electrons. The summed E-state index contributed by atoms with van der Waals surface area (Å²) >= 11 is 7.31. The number of carbonyl (C=O) groups excluding carboxylic acids is 2. The second-order valence-electron chi connectivity index (χ2n) is 7.32. The smallest absolute Gasteiger partial charge is 0.329 e. The van der Waals surface area contributed by atoms with Crippen molar-refractivity contribution >= 4 is 68.0 Å². The van der Waals surface area contributed by atoms with Gasteiger partial charge in [0.1, 0.15) is 17.4 Å². The summed E-state index contributed by atoms with van der Waals surface area (Å²) in [6, 6.07) is 9.39. The highest BCUT2D eigenvalue weighted by Crippen LogP contribution is 2.36. The van der Waals surface area contributed by atoms with Crippen LogP contribution >= 0.6 is 33.6 Å². The summed E-state index contributed by atoms with van der Waals surface area (Å²) in [5.41, 5.74) is 0.351. The molecule has 7 nitrogen and oxygen atoms in total. The van der Waals surface area contributed by atoms with E-state index in [9.17, 15) is 18.4 Å². The van der Waals surface area contributed by atoms with Crippen LogP contribution in [0, 0.1) is 11.6 Å². The Morgan fingerprint density at radius 3 is 2.54 bits per heavy atom. The minimum absolute atomic E-state index is 0.0260. The fraction of sp³-hybridized carbons (Fsp3) is 0.174. The quantitative estimate of drug-likeness (QED) is 0.333. The second-order valence-corrected chi connectivity index (χ2v) is 11.1. The number of nitrogens with zero attached hydrogens (tertiary/aromatic N) is 1. The molecule has 2 atom stereocenters. The monoisotopic (exact) mass is 538 g/mol. The van der Waals surface area contributed by atoms with E-state index in [0.717, 1.165) is 16.3 Å². The van der Waals surface area contributed by atoms with Gasteiger partial charge in [-0.2, -0.15) is 0 Å². The maximum absolute atomic E-state index is 14.9. The van der Waals surface area contributed by atoms with E-state index in [2.05, 4.69) is 15.4 Å². The van der Waals surface area contributed by atoms with Gasteiger partial charge in [0, 0.05) is 13.1 Å². The molecule has 184 valence electrons. The number of halogens is 3. The van der Waals surface area contributed by atoms with Gasteiger partial charge in [-0.05, 0) is 55.6 Å². The molecule has 3 N–H and O–H groups in total. The maximum Gasteiger partial charge on any atom is 0.329 e. The van der Waals surface area contributed by atoms with E-state index in [1.54, 1.807) is 27.0 Å². The largest absolute Gasteiger partial charge is 0.469 e. The third-order valence-corrected chi connectivity index (χ3v) is 8.39. The standard InChI is InChI=1S/C23H21ClF2N4O3S2/c1-4-35(21-8-7-20(24)34-21)29-23(32)28-17-6-5-13(9-15(17)25)30-12(2)33-19-11-18(27-3)16(26)10-14(19)22(30)31/h4-12,27H,1-3H3,(H2,28,29,32). The number of amides is 3. The Balaban J connectivity index is 1.52. The normalized spacial score (nSPS) is 15.9. The van der Waals surface area contributed by atoms with Crippen LogP contribution in [0.2, 0.25) is 4.34 Å². The zero-order chi connectivity index (χ0) is 25.3. The fourth-order valence-corrected chi connectivity index (χ4v) is 6.38. The molecule has 0 bridgehead atoms. The maximum atomic E-state index is 14.9. The Kier molecular flexibility index (Phi) is 7.29. The van der Waals surface area contributed by atoms with Gasteiger partial charge in [-0.1, -0.05) is 22.3 Å². The van der Waals surface area contributed by atoms with Crippen molar-refractivity contribution in [3.05, 3.63) is 64.0 Å². The number of carbonyl (C=O) groups is 2. The zero-order valence-corrected chi connectivity index (χ0v) is 21.2. The molecule has 0 fully saturated rings. The van der Waals surface area contributed by atoms with Crippen LogP contribution < -0.4 is 25.0 Å². The molecule has 0 spiro atoms. The average Bonchev–Trinajstić information content (AvgIpc) is 3.25. The van der Waals surface area contributed by atoms with Crippen molar-refractivity contribution in [1.29, 1.82) is 0 Å². The second kappa shape index (κ2) is 10.2. The number of hydrogen-bond donors (Lipinski definition) is 3. The topological polar surface area (TPSA) is 82.7 Å². The van der Waals surface area contributed by atoms with Gasteiger partial charge in [0.2, 0.25) is 0 Å². The predicted molar refractivity (Wildman–Crippen MR) is 138 cm³/mol. The summed E-state index contributed by atoms with van der Waals surface area (Å²) in [4.78, 5) is 26.8. The molecule has 4 rings (SSSR count). The molecule has 3 amide bonds. The first kappa shape index (κ1) is 25.0. The fourth-order valence-electron chi connectivity index (χ4n) is 3.51. The van der Waals surface area contributed by atoms with E-state index in [4.69, 9.17) is 16.3 Å². The molecule has 1 aliphatic rings. The number of nitrogens with one attached hydrogen (secondary N) is 3. The van der Waals surface area contributed by atoms with Gasteiger partial charge < -0.3 is 15.4 Å². The first-order valence-corrected chi connectivity index (χ1v) is 12.9. The molecule has 2 heterocycles. The van der Waals surface area contributed by atoms with Crippen molar-refractivity contribution < 1.29 is 23.1 Å². The average molecular weight is 539 g/mol. The highest BCUT2D eigenvalue weighted by molar-refractivity contribution is 8.15. The van der Waals surface area contributed by atoms with Crippen LogP contribution in [0.1, 0.15) is 24.2 Å². The lowest BCUT2D eigenvalue weighted by Crippen LogP contribution is -2.46. The number of thiophene rings is 1. The molecule has 0 aliphatic carbocycles. The van der Waals surface area contributed by atoms with Crippen LogP contribution in [0.25, 0.3) is 0 Å². The molecule has 1 aliphatic heterocycles. The number of rotatable bonds is 5. The SMILES string of the molecule is C/C=S(\NC(=O)Nc1ccc(N2C(=O)c3cc(F)c(NC)cc3OC2C)cc1F)c1ccc(Cl)s1. The molecule has 1 aromatic heterocycles. The molecule has 35 heavy (non-hydrogen) atoms. The van der Waals surface area contributed by atoms with Crippen LogP contribution in [0.15, 0.2) is 46.7 Å². The van der Waals surface area contributed by atoms with E-state index in [-0.39, 0.29) is 28.4 Å². The number of ether oxygens (including phenoxy) is 1. The molecule has 2 unspecified atom stereocenters. The van der Waals surface area contributed by atoms with Crippen LogP contribution in [-0.4, -0.2) is 30.6 Å². The van der Waals surface area contributed by atoms with E-state index in [0.29, 0.717) is 4.34 Å². The molecule has 0 saturated carbocycles. The third-order valence-electron chi connectivity index (χ3n) is 5.13. The molecular weight excluding hydrogens is 518 g/mol. The molecule has 12 heteroatoms. The van der Waals surface area contributed by atoms with E-state index in [1.165, 1.54) is 34.4 Å². The van der Waals surface area contributed by atoms with E-state index >= 15 is 0 Å². The zero-order valence-electron chi connectivity index (χ0n) is 18.8. The lowest BCUT2D eigenvalue weighted by Gasteiger charge is -2.35. The Morgan fingerprint density at radius 1 is 1.17 bits per heavy atom. The van der Waals surface area contributed by atoms with Crippen molar-refractivity contribution in [3.63, 3.8) is 0 Å². The highest BCUT2D eigenvalue weighted by Gasteiger charge is 2.34. The van der Waals surface area contributed by atoms with Crippen molar-refractivity contribution in [2.75, 3.05) is 22.6 Å². The Bertz CT molecular complexity index is 1350. The summed E-state index contributed by atoms with van der Waals surface area (Å²) in [7, 11) is 0.851. The van der Waals surface area contributed by atoms with Crippen molar-refractivity contribution in [1.82, 2.24) is 4.72 Å². The first-order valence-electron chi connectivity index (χ1n) is 10.4. The van der Waals surface area contributed by atoms with Crippen molar-refractivity contribution in [2.24, 2.45) is 0 Å². The summed E-state index contributed by atoms with van der Waals surface area (Å²) in [6.45, 7) is 3.43. The van der Waals surface area contributed by atoms with Crippen molar-refractivity contribution in [2.45, 2.75) is 24.3 Å². The van der Waals surface area contributed by atoms with Gasteiger partial charge in [0.15, 0.2) is 6.23 Å². The van der Waals surface area contributed by atoms with E-state index < -0.39 is 40.5 Å². The number of urea groups is 1. The Hall–Kier alpha value is -3.15. The van der Waals surface area contributed by atoms with Crippen LogP contribution in [0.5, 0.6) is 5.75 Å².